The number of hydrogen-bond donors (Lipinski definition) is 1. The summed E-state index contributed by atoms with van der Waals surface area (Å²) in [6, 6.07) is 9.82. The zero-order valence-electron chi connectivity index (χ0n) is 15.7. The van der Waals surface area contributed by atoms with Crippen molar-refractivity contribution in [1.29, 1.82) is 0 Å². The van der Waals surface area contributed by atoms with Crippen molar-refractivity contribution >= 4 is 11.2 Å². The van der Waals surface area contributed by atoms with E-state index < -0.39 is 5.69 Å². The zero-order valence-corrected chi connectivity index (χ0v) is 15.7. The molecule has 0 bridgehead atoms. The lowest BCUT2D eigenvalue weighted by Gasteiger charge is -2.22. The Bertz CT molecular complexity index is 1030. The number of aromatic nitrogens is 4. The summed E-state index contributed by atoms with van der Waals surface area (Å²) in [4.78, 5) is 32.1. The Morgan fingerprint density at radius 2 is 2.07 bits per heavy atom. The van der Waals surface area contributed by atoms with Gasteiger partial charge in [0.15, 0.2) is 17.5 Å². The molecule has 1 aliphatic heterocycles. The predicted molar refractivity (Wildman–Crippen MR) is 104 cm³/mol. The Balaban J connectivity index is 1.49. The number of imidazole rings is 1. The van der Waals surface area contributed by atoms with Gasteiger partial charge >= 0.3 is 5.69 Å². The van der Waals surface area contributed by atoms with Crippen LogP contribution in [-0.4, -0.2) is 38.6 Å². The van der Waals surface area contributed by atoms with Crippen LogP contribution < -0.4 is 11.2 Å². The number of nitrogens with zero attached hydrogens (tertiary/aromatic N) is 3. The van der Waals surface area contributed by atoms with Gasteiger partial charge in [-0.1, -0.05) is 30.3 Å². The van der Waals surface area contributed by atoms with E-state index in [0.29, 0.717) is 30.7 Å². The molecule has 0 radical (unpaired) electrons. The second-order valence-electron chi connectivity index (χ2n) is 6.96. The van der Waals surface area contributed by atoms with Gasteiger partial charge in [0, 0.05) is 19.7 Å². The fraction of sp³-hybridized carbons (Fsp3) is 0.450. The smallest absolute Gasteiger partial charge is 0.330 e. The van der Waals surface area contributed by atoms with Crippen molar-refractivity contribution in [2.45, 2.75) is 45.1 Å². The third kappa shape index (κ3) is 4.07. The largest absolute Gasteiger partial charge is 0.353 e. The Morgan fingerprint density at radius 1 is 1.21 bits per heavy atom. The zero-order chi connectivity index (χ0) is 19.3. The van der Waals surface area contributed by atoms with E-state index in [-0.39, 0.29) is 18.4 Å². The van der Waals surface area contributed by atoms with E-state index >= 15 is 0 Å². The topological polar surface area (TPSA) is 91.1 Å². The Kier molecular flexibility index (Phi) is 5.68. The third-order valence-corrected chi connectivity index (χ3v) is 4.92. The maximum absolute atomic E-state index is 12.9. The quantitative estimate of drug-likeness (QED) is 0.628. The first-order valence-electron chi connectivity index (χ1n) is 9.67. The number of hydrogen-bond acceptors (Lipinski definition) is 5. The monoisotopic (exact) mass is 384 g/mol. The van der Waals surface area contributed by atoms with Crippen LogP contribution in [0.3, 0.4) is 0 Å². The van der Waals surface area contributed by atoms with Gasteiger partial charge in [-0.3, -0.25) is 14.3 Å². The summed E-state index contributed by atoms with van der Waals surface area (Å²) in [5, 5.41) is 0. The molecule has 2 aromatic heterocycles. The molecular weight excluding hydrogens is 360 g/mol. The van der Waals surface area contributed by atoms with Crippen molar-refractivity contribution < 1.29 is 9.47 Å². The lowest BCUT2D eigenvalue weighted by atomic mass is 10.2. The van der Waals surface area contributed by atoms with E-state index in [9.17, 15) is 9.59 Å². The molecule has 8 nitrogen and oxygen atoms in total. The maximum atomic E-state index is 12.9. The number of aromatic amines is 1. The molecule has 0 saturated carbocycles. The molecule has 1 unspecified atom stereocenters. The summed E-state index contributed by atoms with van der Waals surface area (Å²) < 4.78 is 14.2. The highest BCUT2D eigenvalue weighted by molar-refractivity contribution is 5.69. The Hall–Kier alpha value is -2.71. The molecule has 0 aliphatic carbocycles. The second-order valence-corrected chi connectivity index (χ2v) is 6.96. The van der Waals surface area contributed by atoms with E-state index in [1.54, 1.807) is 10.9 Å². The SMILES string of the molecule is O=c1[nH]c2ncn(Cc3ccccc3)c2c(=O)n1CCCOC1CCCCO1. The number of benzene rings is 1. The van der Waals surface area contributed by atoms with Gasteiger partial charge in [-0.2, -0.15) is 0 Å². The van der Waals surface area contributed by atoms with Crippen molar-refractivity contribution in [3.05, 3.63) is 63.1 Å². The van der Waals surface area contributed by atoms with Gasteiger partial charge in [0.2, 0.25) is 0 Å². The van der Waals surface area contributed by atoms with Crippen molar-refractivity contribution in [1.82, 2.24) is 19.1 Å². The van der Waals surface area contributed by atoms with Gasteiger partial charge in [0.1, 0.15) is 0 Å². The average Bonchev–Trinajstić information content (AvgIpc) is 3.11. The standard InChI is InChI=1S/C20H24N4O4/c25-19-17-18(21-14-23(17)13-15-7-2-1-3-8-15)22-20(26)24(19)10-6-12-28-16-9-4-5-11-27-16/h1-3,7-8,14,16H,4-6,9-13H2,(H,22,26). The maximum Gasteiger partial charge on any atom is 0.330 e. The highest BCUT2D eigenvalue weighted by Gasteiger charge is 2.15. The lowest BCUT2D eigenvalue weighted by molar-refractivity contribution is -0.163. The fourth-order valence-corrected chi connectivity index (χ4v) is 3.47. The summed E-state index contributed by atoms with van der Waals surface area (Å²) >= 11 is 0. The first-order chi connectivity index (χ1) is 13.7. The molecule has 1 saturated heterocycles. The highest BCUT2D eigenvalue weighted by atomic mass is 16.7. The third-order valence-electron chi connectivity index (χ3n) is 4.92. The van der Waals surface area contributed by atoms with Gasteiger partial charge in [0.05, 0.1) is 12.9 Å². The molecule has 1 aromatic carbocycles. The summed E-state index contributed by atoms with van der Waals surface area (Å²) in [6.45, 7) is 1.97. The van der Waals surface area contributed by atoms with E-state index in [4.69, 9.17) is 9.47 Å². The molecule has 0 amide bonds. The molecule has 4 rings (SSSR count). The Morgan fingerprint density at radius 3 is 2.86 bits per heavy atom. The first kappa shape index (κ1) is 18.6. The van der Waals surface area contributed by atoms with Gasteiger partial charge < -0.3 is 14.0 Å². The van der Waals surface area contributed by atoms with Crippen LogP contribution in [-0.2, 0) is 22.6 Å². The number of ether oxygens (including phenoxy) is 2. The van der Waals surface area contributed by atoms with Crippen LogP contribution in [0.15, 0.2) is 46.2 Å². The van der Waals surface area contributed by atoms with Crippen LogP contribution in [0, 0.1) is 0 Å². The summed E-state index contributed by atoms with van der Waals surface area (Å²) in [6.07, 6.45) is 5.04. The molecule has 8 heteroatoms. The average molecular weight is 384 g/mol. The van der Waals surface area contributed by atoms with E-state index in [0.717, 1.165) is 31.4 Å². The van der Waals surface area contributed by atoms with Crippen LogP contribution in [0.5, 0.6) is 0 Å². The molecule has 1 N–H and O–H groups in total. The molecule has 1 aliphatic rings. The van der Waals surface area contributed by atoms with Crippen molar-refractivity contribution in [3.8, 4) is 0 Å². The Labute approximate surface area is 161 Å². The lowest BCUT2D eigenvalue weighted by Crippen LogP contribution is -2.36. The van der Waals surface area contributed by atoms with Gasteiger partial charge in [0.25, 0.3) is 5.56 Å². The van der Waals surface area contributed by atoms with Crippen LogP contribution in [0.25, 0.3) is 11.2 Å². The van der Waals surface area contributed by atoms with Crippen molar-refractivity contribution in [2.75, 3.05) is 13.2 Å². The highest BCUT2D eigenvalue weighted by Crippen LogP contribution is 2.14. The normalized spacial score (nSPS) is 17.2. The first-order valence-corrected chi connectivity index (χ1v) is 9.67. The van der Waals surface area contributed by atoms with E-state index in [1.165, 1.54) is 4.57 Å². The molecule has 148 valence electrons. The number of rotatable bonds is 7. The molecule has 28 heavy (non-hydrogen) atoms. The summed E-state index contributed by atoms with van der Waals surface area (Å²) in [5.74, 6) is 0. The molecular formula is C20H24N4O4. The minimum atomic E-state index is -0.448. The number of nitrogens with one attached hydrogen (secondary N) is 1. The van der Waals surface area contributed by atoms with E-state index in [2.05, 4.69) is 9.97 Å². The van der Waals surface area contributed by atoms with Gasteiger partial charge in [-0.15, -0.1) is 0 Å². The molecule has 1 atom stereocenters. The van der Waals surface area contributed by atoms with Crippen LogP contribution in [0.4, 0.5) is 0 Å². The van der Waals surface area contributed by atoms with Crippen LogP contribution in [0.2, 0.25) is 0 Å². The molecule has 3 heterocycles. The number of H-pyrrole nitrogens is 1. The summed E-state index contributed by atoms with van der Waals surface area (Å²) in [7, 11) is 0. The van der Waals surface area contributed by atoms with Gasteiger partial charge in [-0.25, -0.2) is 9.78 Å². The van der Waals surface area contributed by atoms with Crippen molar-refractivity contribution in [2.24, 2.45) is 0 Å². The molecule has 0 spiro atoms. The van der Waals surface area contributed by atoms with Crippen LogP contribution in [0.1, 0.15) is 31.2 Å². The predicted octanol–water partition coefficient (Wildman–Crippen LogP) is 1.87. The number of fused-ring (bicyclic) bond motifs is 1. The van der Waals surface area contributed by atoms with Crippen molar-refractivity contribution in [3.63, 3.8) is 0 Å². The summed E-state index contributed by atoms with van der Waals surface area (Å²) in [5.41, 5.74) is 0.992. The minimum absolute atomic E-state index is 0.168. The van der Waals surface area contributed by atoms with Gasteiger partial charge in [-0.05, 0) is 31.2 Å². The fourth-order valence-electron chi connectivity index (χ4n) is 3.47. The van der Waals surface area contributed by atoms with E-state index in [1.807, 2.05) is 30.3 Å². The molecule has 3 aromatic rings. The molecule has 1 fully saturated rings. The van der Waals surface area contributed by atoms with Crippen LogP contribution >= 0.6 is 0 Å². The minimum Gasteiger partial charge on any atom is -0.353 e. The second kappa shape index (κ2) is 8.53.